The largest absolute Gasteiger partial charge is 0.381 e. The minimum atomic E-state index is -0.535. The average molecular weight is 311 g/mol. The molecule has 0 saturated heterocycles. The van der Waals surface area contributed by atoms with Gasteiger partial charge in [-0.05, 0) is 25.0 Å². The summed E-state index contributed by atoms with van der Waals surface area (Å²) in [4.78, 5) is 10.5. The Bertz CT molecular complexity index is 814. The first-order valence-electron chi connectivity index (χ1n) is 6.72. The Morgan fingerprint density at radius 3 is 2.83 bits per heavy atom. The van der Waals surface area contributed by atoms with Crippen LogP contribution >= 0.6 is 0 Å². The molecule has 0 aliphatic rings. The molecule has 0 amide bonds. The minimum absolute atomic E-state index is 0.146. The zero-order valence-corrected chi connectivity index (χ0v) is 12.0. The molecule has 0 aliphatic carbocycles. The third-order valence-corrected chi connectivity index (χ3v) is 3.22. The average Bonchev–Trinajstić information content (AvgIpc) is 2.91. The summed E-state index contributed by atoms with van der Waals surface area (Å²) in [6.07, 6.45) is 1.15. The topological polar surface area (TPSA) is 157 Å². The van der Waals surface area contributed by atoms with Crippen molar-refractivity contribution in [2.45, 2.75) is 12.8 Å². The molecule has 23 heavy (non-hydrogen) atoms. The minimum Gasteiger partial charge on any atom is -0.381 e. The van der Waals surface area contributed by atoms with Crippen molar-refractivity contribution in [3.8, 4) is 12.1 Å². The molecule has 0 fully saturated rings. The van der Waals surface area contributed by atoms with Gasteiger partial charge in [0.15, 0.2) is 5.82 Å². The number of aromatic nitrogens is 2. The number of hydrogen-bond donors (Lipinski definition) is 3. The van der Waals surface area contributed by atoms with Gasteiger partial charge in [0.2, 0.25) is 0 Å². The second-order valence-corrected chi connectivity index (χ2v) is 4.71. The summed E-state index contributed by atoms with van der Waals surface area (Å²) in [5.41, 5.74) is 6.94. The van der Waals surface area contributed by atoms with Crippen LogP contribution in [0.5, 0.6) is 0 Å². The molecule has 116 valence electrons. The lowest BCUT2D eigenvalue weighted by molar-refractivity contribution is -0.384. The fourth-order valence-corrected chi connectivity index (χ4v) is 2.09. The summed E-state index contributed by atoms with van der Waals surface area (Å²) >= 11 is 0. The summed E-state index contributed by atoms with van der Waals surface area (Å²) in [5.74, 6) is 0.165. The summed E-state index contributed by atoms with van der Waals surface area (Å²) in [6, 6.07) is 8.09. The number of nitro groups is 1. The Morgan fingerprint density at radius 1 is 1.39 bits per heavy atom. The van der Waals surface area contributed by atoms with Gasteiger partial charge in [-0.3, -0.25) is 15.2 Å². The molecule has 9 nitrogen and oxygen atoms in total. The van der Waals surface area contributed by atoms with E-state index in [4.69, 9.17) is 16.3 Å². The SMILES string of the molecule is N#Cc1ccc(NCCCc2[nH]nc(N)c2C#N)c([N+](=O)[O-])c1. The third-order valence-electron chi connectivity index (χ3n) is 3.22. The first kappa shape index (κ1) is 15.8. The third kappa shape index (κ3) is 3.54. The Morgan fingerprint density at radius 2 is 2.17 bits per heavy atom. The van der Waals surface area contributed by atoms with Gasteiger partial charge in [-0.15, -0.1) is 0 Å². The lowest BCUT2D eigenvalue weighted by atomic mass is 10.1. The number of aromatic amines is 1. The van der Waals surface area contributed by atoms with E-state index in [1.54, 1.807) is 0 Å². The summed E-state index contributed by atoms with van der Waals surface area (Å²) < 4.78 is 0. The molecule has 0 spiro atoms. The van der Waals surface area contributed by atoms with Crippen molar-refractivity contribution < 1.29 is 4.92 Å². The van der Waals surface area contributed by atoms with Crippen LogP contribution in [0.25, 0.3) is 0 Å². The molecule has 4 N–H and O–H groups in total. The highest BCUT2D eigenvalue weighted by Crippen LogP contribution is 2.25. The molecule has 1 aromatic carbocycles. The first-order chi connectivity index (χ1) is 11.1. The number of anilines is 2. The molecule has 2 rings (SSSR count). The number of aryl methyl sites for hydroxylation is 1. The van der Waals surface area contributed by atoms with Crippen molar-refractivity contribution in [1.29, 1.82) is 10.5 Å². The quantitative estimate of drug-likeness (QED) is 0.416. The predicted molar refractivity (Wildman–Crippen MR) is 82.3 cm³/mol. The second kappa shape index (κ2) is 6.91. The summed E-state index contributed by atoms with van der Waals surface area (Å²) in [6.45, 7) is 0.455. The first-order valence-corrected chi connectivity index (χ1v) is 6.72. The smallest absolute Gasteiger partial charge is 0.293 e. The van der Waals surface area contributed by atoms with E-state index in [9.17, 15) is 10.1 Å². The number of H-pyrrole nitrogens is 1. The highest BCUT2D eigenvalue weighted by molar-refractivity contribution is 5.64. The van der Waals surface area contributed by atoms with Gasteiger partial charge in [-0.25, -0.2) is 0 Å². The van der Waals surface area contributed by atoms with Gasteiger partial charge in [0.05, 0.1) is 22.2 Å². The van der Waals surface area contributed by atoms with Gasteiger partial charge < -0.3 is 11.1 Å². The van der Waals surface area contributed by atoms with Gasteiger partial charge in [0, 0.05) is 12.6 Å². The van der Waals surface area contributed by atoms with E-state index in [1.165, 1.54) is 18.2 Å². The number of nitrogen functional groups attached to an aromatic ring is 1. The number of nitriles is 2. The highest BCUT2D eigenvalue weighted by Gasteiger charge is 2.14. The summed E-state index contributed by atoms with van der Waals surface area (Å²) in [5, 5.41) is 38.2. The molecule has 2 aromatic rings. The van der Waals surface area contributed by atoms with Gasteiger partial charge in [-0.2, -0.15) is 15.6 Å². The van der Waals surface area contributed by atoms with Crippen LogP contribution in [-0.4, -0.2) is 21.7 Å². The van der Waals surface area contributed by atoms with Gasteiger partial charge >= 0.3 is 0 Å². The number of hydrogen-bond acceptors (Lipinski definition) is 7. The van der Waals surface area contributed by atoms with Crippen LogP contribution in [0.3, 0.4) is 0 Å². The molecule has 0 radical (unpaired) electrons. The zero-order valence-electron chi connectivity index (χ0n) is 12.0. The number of nitrogens with one attached hydrogen (secondary N) is 2. The van der Waals surface area contributed by atoms with E-state index in [0.717, 1.165) is 0 Å². The van der Waals surface area contributed by atoms with Crippen molar-refractivity contribution in [2.24, 2.45) is 0 Å². The van der Waals surface area contributed by atoms with E-state index in [0.29, 0.717) is 36.3 Å². The molecule has 9 heteroatoms. The maximum atomic E-state index is 11.0. The van der Waals surface area contributed by atoms with Crippen LogP contribution in [0.15, 0.2) is 18.2 Å². The normalized spacial score (nSPS) is 9.83. The van der Waals surface area contributed by atoms with E-state index in [1.807, 2.05) is 12.1 Å². The van der Waals surface area contributed by atoms with Crippen LogP contribution in [0.4, 0.5) is 17.2 Å². The lowest BCUT2D eigenvalue weighted by Gasteiger charge is -2.07. The van der Waals surface area contributed by atoms with E-state index in [-0.39, 0.29) is 17.1 Å². The maximum absolute atomic E-state index is 11.0. The highest BCUT2D eigenvalue weighted by atomic mass is 16.6. The molecule has 0 atom stereocenters. The van der Waals surface area contributed by atoms with Crippen molar-refractivity contribution in [1.82, 2.24) is 10.2 Å². The lowest BCUT2D eigenvalue weighted by Crippen LogP contribution is -2.06. The fourth-order valence-electron chi connectivity index (χ4n) is 2.09. The molecule has 0 aliphatic heterocycles. The van der Waals surface area contributed by atoms with Crippen LogP contribution in [0.1, 0.15) is 23.2 Å². The van der Waals surface area contributed by atoms with Crippen molar-refractivity contribution in [3.63, 3.8) is 0 Å². The second-order valence-electron chi connectivity index (χ2n) is 4.71. The number of nitrogens with zero attached hydrogens (tertiary/aromatic N) is 4. The van der Waals surface area contributed by atoms with Gasteiger partial charge in [0.1, 0.15) is 17.3 Å². The number of nitrogens with two attached hydrogens (primary N) is 1. The van der Waals surface area contributed by atoms with Crippen molar-refractivity contribution >= 4 is 17.2 Å². The maximum Gasteiger partial charge on any atom is 0.293 e. The van der Waals surface area contributed by atoms with Crippen LogP contribution in [0.2, 0.25) is 0 Å². The number of benzene rings is 1. The van der Waals surface area contributed by atoms with E-state index in [2.05, 4.69) is 15.5 Å². The number of rotatable bonds is 6. The Kier molecular flexibility index (Phi) is 4.75. The predicted octanol–water partition coefficient (Wildman–Crippen LogP) is 1.69. The summed E-state index contributed by atoms with van der Waals surface area (Å²) in [7, 11) is 0. The zero-order chi connectivity index (χ0) is 16.8. The molecule has 1 heterocycles. The fraction of sp³-hybridized carbons (Fsp3) is 0.214. The van der Waals surface area contributed by atoms with Gasteiger partial charge in [0.25, 0.3) is 5.69 Å². The Labute approximate surface area is 131 Å². The molecule has 0 saturated carbocycles. The molecule has 1 aromatic heterocycles. The molecular weight excluding hydrogens is 298 g/mol. The van der Waals surface area contributed by atoms with Crippen LogP contribution < -0.4 is 11.1 Å². The standard InChI is InChI=1S/C14H13N7O2/c15-7-9-3-4-12(13(6-9)21(22)23)18-5-1-2-11-10(8-16)14(17)20-19-11/h3-4,6,18H,1-2,5H2,(H3,17,19,20). The van der Waals surface area contributed by atoms with Crippen LogP contribution in [0, 0.1) is 32.8 Å². The Balaban J connectivity index is 1.98. The molecule has 0 bridgehead atoms. The monoisotopic (exact) mass is 311 g/mol. The van der Waals surface area contributed by atoms with Gasteiger partial charge in [-0.1, -0.05) is 0 Å². The van der Waals surface area contributed by atoms with E-state index < -0.39 is 4.92 Å². The number of nitro benzene ring substituents is 1. The Hall–Kier alpha value is -3.59. The van der Waals surface area contributed by atoms with Crippen molar-refractivity contribution in [3.05, 3.63) is 45.1 Å². The molecule has 0 unspecified atom stereocenters. The van der Waals surface area contributed by atoms with Crippen LogP contribution in [-0.2, 0) is 6.42 Å². The van der Waals surface area contributed by atoms with E-state index >= 15 is 0 Å². The molecular formula is C14H13N7O2. The van der Waals surface area contributed by atoms with Crippen molar-refractivity contribution in [2.75, 3.05) is 17.6 Å².